The van der Waals surface area contributed by atoms with E-state index in [9.17, 15) is 14.9 Å². The van der Waals surface area contributed by atoms with E-state index >= 15 is 0 Å². The van der Waals surface area contributed by atoms with E-state index in [1.807, 2.05) is 24.3 Å². The third-order valence-electron chi connectivity index (χ3n) is 4.90. The van der Waals surface area contributed by atoms with E-state index in [1.165, 1.54) is 0 Å². The molecule has 0 bridgehead atoms. The number of carbonyl (C=O) groups is 2. The van der Waals surface area contributed by atoms with Gasteiger partial charge in [-0.1, -0.05) is 12.1 Å². The van der Waals surface area contributed by atoms with Crippen LogP contribution in [0.15, 0.2) is 24.3 Å². The topological polar surface area (TPSA) is 82.4 Å². The highest BCUT2D eigenvalue weighted by Crippen LogP contribution is 2.32. The van der Waals surface area contributed by atoms with Crippen LogP contribution < -0.4 is 10.1 Å². The van der Waals surface area contributed by atoms with Crippen LogP contribution in [0.1, 0.15) is 31.2 Å². The van der Waals surface area contributed by atoms with E-state index in [-0.39, 0.29) is 24.2 Å². The summed E-state index contributed by atoms with van der Waals surface area (Å²) >= 11 is 0. The largest absolute Gasteiger partial charge is 0.497 e. The predicted molar refractivity (Wildman–Crippen MR) is 86.9 cm³/mol. The monoisotopic (exact) mass is 327 g/mol. The van der Waals surface area contributed by atoms with Crippen LogP contribution in [0.2, 0.25) is 0 Å². The van der Waals surface area contributed by atoms with E-state index in [2.05, 4.69) is 11.4 Å². The molecule has 6 nitrogen and oxygen atoms in total. The summed E-state index contributed by atoms with van der Waals surface area (Å²) in [6.45, 7) is 0.883. The molecule has 2 amide bonds. The van der Waals surface area contributed by atoms with Crippen molar-refractivity contribution in [3.05, 3.63) is 29.8 Å². The number of ether oxygens (including phenoxy) is 1. The molecule has 1 heterocycles. The molecule has 1 aliphatic carbocycles. The second-order valence-electron chi connectivity index (χ2n) is 6.56. The molecular weight excluding hydrogens is 306 g/mol. The Morgan fingerprint density at radius 3 is 2.67 bits per heavy atom. The Balaban J connectivity index is 1.58. The number of carbonyl (C=O) groups excluding carboxylic acids is 2. The molecule has 1 aromatic carbocycles. The van der Waals surface area contributed by atoms with Crippen molar-refractivity contribution >= 4 is 11.8 Å². The number of hydrogen-bond donors (Lipinski definition) is 1. The van der Waals surface area contributed by atoms with Crippen LogP contribution in [0.4, 0.5) is 0 Å². The summed E-state index contributed by atoms with van der Waals surface area (Å²) in [5.74, 6) is 0.194. The Hall–Kier alpha value is -2.55. The van der Waals surface area contributed by atoms with Gasteiger partial charge in [-0.25, -0.2) is 0 Å². The van der Waals surface area contributed by atoms with Gasteiger partial charge in [0.15, 0.2) is 0 Å². The zero-order valence-corrected chi connectivity index (χ0v) is 13.7. The molecule has 1 aromatic rings. The second-order valence-corrected chi connectivity index (χ2v) is 6.56. The van der Waals surface area contributed by atoms with Gasteiger partial charge < -0.3 is 15.0 Å². The predicted octanol–water partition coefficient (Wildman–Crippen LogP) is 1.61. The fourth-order valence-corrected chi connectivity index (χ4v) is 3.18. The van der Waals surface area contributed by atoms with E-state index < -0.39 is 5.54 Å². The van der Waals surface area contributed by atoms with E-state index in [1.54, 1.807) is 12.0 Å². The standard InChI is InChI=1S/C18H21N3O3/c1-24-15-5-3-13(4-6-15)10-21-11-14(9-16(21)22)17(23)20-18(12-19)7-2-8-18/h3-6,14H,2,7-11H2,1H3,(H,20,23)/t14-/m0/s1. The molecule has 1 aliphatic heterocycles. The number of amides is 2. The lowest BCUT2D eigenvalue weighted by molar-refractivity contribution is -0.130. The van der Waals surface area contributed by atoms with E-state index in [0.29, 0.717) is 25.9 Å². The average molecular weight is 327 g/mol. The molecule has 0 spiro atoms. The molecule has 2 fully saturated rings. The minimum atomic E-state index is -0.705. The lowest BCUT2D eigenvalue weighted by Crippen LogP contribution is -2.54. The van der Waals surface area contributed by atoms with Crippen molar-refractivity contribution in [1.29, 1.82) is 5.26 Å². The first-order chi connectivity index (χ1) is 11.5. The quantitative estimate of drug-likeness (QED) is 0.890. The van der Waals surface area contributed by atoms with Crippen molar-refractivity contribution in [2.75, 3.05) is 13.7 Å². The Bertz CT molecular complexity index is 674. The first-order valence-corrected chi connectivity index (χ1v) is 8.19. The lowest BCUT2D eigenvalue weighted by atomic mass is 9.77. The molecule has 24 heavy (non-hydrogen) atoms. The zero-order chi connectivity index (χ0) is 17.2. The van der Waals surface area contributed by atoms with Crippen molar-refractivity contribution in [2.24, 2.45) is 5.92 Å². The average Bonchev–Trinajstić information content (AvgIpc) is 2.92. The maximum atomic E-state index is 12.4. The van der Waals surface area contributed by atoms with Crippen LogP contribution in [-0.4, -0.2) is 35.9 Å². The summed E-state index contributed by atoms with van der Waals surface area (Å²) in [6.07, 6.45) is 2.57. The maximum Gasteiger partial charge on any atom is 0.226 e. The second kappa shape index (κ2) is 6.52. The molecule has 0 aromatic heterocycles. The van der Waals surface area contributed by atoms with Crippen LogP contribution in [-0.2, 0) is 16.1 Å². The van der Waals surface area contributed by atoms with Crippen molar-refractivity contribution in [3.8, 4) is 11.8 Å². The van der Waals surface area contributed by atoms with Gasteiger partial charge in [0.1, 0.15) is 11.3 Å². The molecule has 1 saturated carbocycles. The van der Waals surface area contributed by atoms with Crippen LogP contribution in [0, 0.1) is 17.2 Å². The molecular formula is C18H21N3O3. The van der Waals surface area contributed by atoms with Crippen LogP contribution in [0.5, 0.6) is 5.75 Å². The number of methoxy groups -OCH3 is 1. The van der Waals surface area contributed by atoms with Gasteiger partial charge in [-0.2, -0.15) is 5.26 Å². The van der Waals surface area contributed by atoms with Crippen molar-refractivity contribution in [1.82, 2.24) is 10.2 Å². The highest BCUT2D eigenvalue weighted by molar-refractivity contribution is 5.89. The molecule has 6 heteroatoms. The lowest BCUT2D eigenvalue weighted by Gasteiger charge is -2.36. The summed E-state index contributed by atoms with van der Waals surface area (Å²) < 4.78 is 5.12. The number of likely N-dealkylation sites (tertiary alicyclic amines) is 1. The van der Waals surface area contributed by atoms with E-state index in [4.69, 9.17) is 4.74 Å². The van der Waals surface area contributed by atoms with Crippen molar-refractivity contribution < 1.29 is 14.3 Å². The first-order valence-electron chi connectivity index (χ1n) is 8.19. The molecule has 126 valence electrons. The number of nitriles is 1. The molecule has 0 radical (unpaired) electrons. The highest BCUT2D eigenvalue weighted by Gasteiger charge is 2.42. The van der Waals surface area contributed by atoms with E-state index in [0.717, 1.165) is 17.7 Å². The molecule has 2 aliphatic rings. The first kappa shape index (κ1) is 16.3. The van der Waals surface area contributed by atoms with Gasteiger partial charge in [-0.15, -0.1) is 0 Å². The molecule has 3 rings (SSSR count). The number of hydrogen-bond acceptors (Lipinski definition) is 4. The van der Waals surface area contributed by atoms with Gasteiger partial charge in [-0.3, -0.25) is 9.59 Å². The molecule has 1 N–H and O–H groups in total. The van der Waals surface area contributed by atoms with Gasteiger partial charge in [0, 0.05) is 19.5 Å². The van der Waals surface area contributed by atoms with Gasteiger partial charge in [0.2, 0.25) is 11.8 Å². The summed E-state index contributed by atoms with van der Waals surface area (Å²) in [5.41, 5.74) is 0.293. The fourth-order valence-electron chi connectivity index (χ4n) is 3.18. The number of nitrogens with zero attached hydrogens (tertiary/aromatic N) is 2. The molecule has 1 saturated heterocycles. The Kier molecular flexibility index (Phi) is 4.43. The third-order valence-corrected chi connectivity index (χ3v) is 4.90. The normalized spacial score (nSPS) is 21.8. The Morgan fingerprint density at radius 1 is 1.42 bits per heavy atom. The number of benzene rings is 1. The van der Waals surface area contributed by atoms with Crippen molar-refractivity contribution in [3.63, 3.8) is 0 Å². The highest BCUT2D eigenvalue weighted by atomic mass is 16.5. The van der Waals surface area contributed by atoms with Crippen LogP contribution in [0.25, 0.3) is 0 Å². The minimum Gasteiger partial charge on any atom is -0.497 e. The van der Waals surface area contributed by atoms with Gasteiger partial charge in [-0.05, 0) is 37.0 Å². The summed E-state index contributed by atoms with van der Waals surface area (Å²) in [4.78, 5) is 26.3. The Labute approximate surface area is 141 Å². The minimum absolute atomic E-state index is 0.0226. The maximum absolute atomic E-state index is 12.4. The summed E-state index contributed by atoms with van der Waals surface area (Å²) in [7, 11) is 1.61. The fraction of sp³-hybridized carbons (Fsp3) is 0.500. The number of rotatable bonds is 5. The summed E-state index contributed by atoms with van der Waals surface area (Å²) in [5, 5.41) is 12.1. The van der Waals surface area contributed by atoms with Gasteiger partial charge in [0.05, 0.1) is 19.1 Å². The Morgan fingerprint density at radius 2 is 2.12 bits per heavy atom. The summed E-state index contributed by atoms with van der Waals surface area (Å²) in [6, 6.07) is 9.74. The zero-order valence-electron chi connectivity index (χ0n) is 13.7. The van der Waals surface area contributed by atoms with Crippen molar-refractivity contribution in [2.45, 2.75) is 37.8 Å². The number of nitrogens with one attached hydrogen (secondary N) is 1. The van der Waals surface area contributed by atoms with Gasteiger partial charge >= 0.3 is 0 Å². The van der Waals surface area contributed by atoms with Gasteiger partial charge in [0.25, 0.3) is 0 Å². The molecule has 0 unspecified atom stereocenters. The molecule has 1 atom stereocenters. The SMILES string of the molecule is COc1ccc(CN2C[C@@H](C(=O)NC3(C#N)CCC3)CC2=O)cc1. The van der Waals surface area contributed by atoms with Crippen LogP contribution in [0.3, 0.4) is 0 Å². The smallest absolute Gasteiger partial charge is 0.226 e. The van der Waals surface area contributed by atoms with Crippen LogP contribution >= 0.6 is 0 Å². The third kappa shape index (κ3) is 3.21.